The first-order valence-electron chi connectivity index (χ1n) is 9.06. The van der Waals surface area contributed by atoms with Crippen molar-refractivity contribution >= 4 is 34.5 Å². The predicted molar refractivity (Wildman–Crippen MR) is 122 cm³/mol. The molecule has 0 amide bonds. The van der Waals surface area contributed by atoms with Crippen molar-refractivity contribution < 1.29 is 0 Å². The summed E-state index contributed by atoms with van der Waals surface area (Å²) in [6.07, 6.45) is 0. The van der Waals surface area contributed by atoms with Gasteiger partial charge in [-0.05, 0) is 48.8 Å². The maximum atomic E-state index is 12.5. The van der Waals surface area contributed by atoms with Crippen LogP contribution in [0.25, 0.3) is 0 Å². The molecule has 1 heterocycles. The van der Waals surface area contributed by atoms with E-state index in [2.05, 4.69) is 10.3 Å². The van der Waals surface area contributed by atoms with Crippen molar-refractivity contribution in [2.45, 2.75) is 20.4 Å². The van der Waals surface area contributed by atoms with Crippen molar-refractivity contribution in [2.24, 2.45) is 0 Å². The van der Waals surface area contributed by atoms with Crippen LogP contribution in [0.1, 0.15) is 16.7 Å². The minimum atomic E-state index is -0.593. The average Bonchev–Trinajstić information content (AvgIpc) is 2.68. The SMILES string of the molecule is Cc1ccc(C)c(NC(=S)N(C)c2c(N)n(Cc3ccccc3)c(=O)[nH]c2=O)c1. The van der Waals surface area contributed by atoms with Gasteiger partial charge < -0.3 is 16.0 Å². The number of rotatable bonds is 4. The molecule has 0 bridgehead atoms. The van der Waals surface area contributed by atoms with E-state index in [4.69, 9.17) is 18.0 Å². The number of hydrogen-bond acceptors (Lipinski definition) is 4. The van der Waals surface area contributed by atoms with Crippen LogP contribution in [-0.2, 0) is 6.54 Å². The molecule has 0 unspecified atom stereocenters. The van der Waals surface area contributed by atoms with Crippen molar-refractivity contribution in [3.05, 3.63) is 86.1 Å². The first-order valence-corrected chi connectivity index (χ1v) is 9.47. The molecule has 0 saturated heterocycles. The zero-order valence-corrected chi connectivity index (χ0v) is 17.3. The van der Waals surface area contributed by atoms with Gasteiger partial charge in [-0.3, -0.25) is 14.3 Å². The van der Waals surface area contributed by atoms with E-state index in [0.717, 1.165) is 22.4 Å². The van der Waals surface area contributed by atoms with E-state index in [1.807, 2.05) is 62.4 Å². The molecule has 7 nitrogen and oxygen atoms in total. The largest absolute Gasteiger partial charge is 0.383 e. The monoisotopic (exact) mass is 409 g/mol. The number of nitrogen functional groups attached to an aromatic ring is 1. The molecule has 0 saturated carbocycles. The lowest BCUT2D eigenvalue weighted by molar-refractivity contribution is 0.732. The fraction of sp³-hybridized carbons (Fsp3) is 0.190. The first kappa shape index (κ1) is 20.3. The summed E-state index contributed by atoms with van der Waals surface area (Å²) >= 11 is 5.49. The molecule has 1 aromatic heterocycles. The zero-order valence-electron chi connectivity index (χ0n) is 16.5. The van der Waals surface area contributed by atoms with Gasteiger partial charge in [-0.15, -0.1) is 0 Å². The van der Waals surface area contributed by atoms with E-state index in [1.54, 1.807) is 7.05 Å². The quantitative estimate of drug-likeness (QED) is 0.573. The molecule has 0 aliphatic carbocycles. The predicted octanol–water partition coefficient (Wildman–Crippen LogP) is 2.62. The number of nitrogens with one attached hydrogen (secondary N) is 2. The average molecular weight is 410 g/mol. The van der Waals surface area contributed by atoms with Crippen molar-refractivity contribution in [2.75, 3.05) is 23.0 Å². The van der Waals surface area contributed by atoms with E-state index in [-0.39, 0.29) is 18.1 Å². The molecule has 4 N–H and O–H groups in total. The highest BCUT2D eigenvalue weighted by Gasteiger charge is 2.19. The first-order chi connectivity index (χ1) is 13.8. The minimum absolute atomic E-state index is 0.0511. The van der Waals surface area contributed by atoms with Gasteiger partial charge in [0.2, 0.25) is 0 Å². The third-order valence-corrected chi connectivity index (χ3v) is 5.05. The number of nitrogens with two attached hydrogens (primary N) is 1. The van der Waals surface area contributed by atoms with E-state index in [9.17, 15) is 9.59 Å². The summed E-state index contributed by atoms with van der Waals surface area (Å²) in [7, 11) is 1.64. The summed E-state index contributed by atoms with van der Waals surface area (Å²) in [4.78, 5) is 28.7. The van der Waals surface area contributed by atoms with Crippen LogP contribution >= 0.6 is 12.2 Å². The second kappa shape index (κ2) is 8.32. The molecule has 0 radical (unpaired) electrons. The van der Waals surface area contributed by atoms with E-state index >= 15 is 0 Å². The number of nitrogens with zero attached hydrogens (tertiary/aromatic N) is 2. The Morgan fingerprint density at radius 2 is 1.86 bits per heavy atom. The Bertz CT molecular complexity index is 1170. The van der Waals surface area contributed by atoms with Crippen LogP contribution in [0, 0.1) is 13.8 Å². The van der Waals surface area contributed by atoms with Crippen molar-refractivity contribution in [3.63, 3.8) is 0 Å². The van der Waals surface area contributed by atoms with Gasteiger partial charge in [0.25, 0.3) is 5.56 Å². The smallest absolute Gasteiger partial charge is 0.330 e. The Labute approximate surface area is 173 Å². The summed E-state index contributed by atoms with van der Waals surface area (Å²) in [6, 6.07) is 15.4. The van der Waals surface area contributed by atoms with Gasteiger partial charge in [0.05, 0.1) is 6.54 Å². The zero-order chi connectivity index (χ0) is 21.1. The molecule has 0 aliphatic rings. The minimum Gasteiger partial charge on any atom is -0.383 e. The standard InChI is InChI=1S/C21H23N5O2S/c1-13-9-10-14(2)16(11-13)23-21(29)25(3)17-18(22)26(20(28)24-19(17)27)12-15-7-5-4-6-8-15/h4-11H,12,22H2,1-3H3,(H,23,29)(H,24,27,28). The van der Waals surface area contributed by atoms with Gasteiger partial charge in [-0.1, -0.05) is 42.5 Å². The van der Waals surface area contributed by atoms with Crippen LogP contribution in [-0.4, -0.2) is 21.7 Å². The van der Waals surface area contributed by atoms with Gasteiger partial charge in [0, 0.05) is 12.7 Å². The number of hydrogen-bond donors (Lipinski definition) is 3. The Hall–Kier alpha value is -3.39. The fourth-order valence-corrected chi connectivity index (χ4v) is 3.20. The molecule has 150 valence electrons. The Morgan fingerprint density at radius 3 is 2.55 bits per heavy atom. The van der Waals surface area contributed by atoms with Crippen molar-refractivity contribution in [3.8, 4) is 0 Å². The van der Waals surface area contributed by atoms with Crippen LogP contribution in [0.3, 0.4) is 0 Å². The van der Waals surface area contributed by atoms with Crippen LogP contribution in [0.15, 0.2) is 58.1 Å². The molecule has 8 heteroatoms. The second-order valence-electron chi connectivity index (χ2n) is 6.87. The molecular formula is C21H23N5O2S. The van der Waals surface area contributed by atoms with Gasteiger partial charge in [-0.2, -0.15) is 0 Å². The lowest BCUT2D eigenvalue weighted by Gasteiger charge is -2.23. The summed E-state index contributed by atoms with van der Waals surface area (Å²) < 4.78 is 1.32. The van der Waals surface area contributed by atoms with Crippen LogP contribution in [0.2, 0.25) is 0 Å². The maximum Gasteiger partial charge on any atom is 0.330 e. The third kappa shape index (κ3) is 4.38. The van der Waals surface area contributed by atoms with Crippen molar-refractivity contribution in [1.29, 1.82) is 0 Å². The number of aromatic nitrogens is 2. The molecule has 0 spiro atoms. The van der Waals surface area contributed by atoms with Crippen LogP contribution < -0.4 is 27.2 Å². The molecular weight excluding hydrogens is 386 g/mol. The van der Waals surface area contributed by atoms with Crippen molar-refractivity contribution in [1.82, 2.24) is 9.55 Å². The summed E-state index contributed by atoms with van der Waals surface area (Å²) in [6.45, 7) is 4.19. The van der Waals surface area contributed by atoms with E-state index < -0.39 is 11.2 Å². The highest BCUT2D eigenvalue weighted by Crippen LogP contribution is 2.20. The summed E-state index contributed by atoms with van der Waals surface area (Å²) in [5.74, 6) is 0.0511. The molecule has 29 heavy (non-hydrogen) atoms. The highest BCUT2D eigenvalue weighted by molar-refractivity contribution is 7.80. The highest BCUT2D eigenvalue weighted by atomic mass is 32.1. The summed E-state index contributed by atoms with van der Waals surface area (Å²) in [5.41, 5.74) is 9.01. The lowest BCUT2D eigenvalue weighted by atomic mass is 10.1. The van der Waals surface area contributed by atoms with Gasteiger partial charge in [0.1, 0.15) is 5.82 Å². The number of H-pyrrole nitrogens is 1. The summed E-state index contributed by atoms with van der Waals surface area (Å²) in [5, 5.41) is 3.44. The molecule has 2 aromatic carbocycles. The van der Waals surface area contributed by atoms with E-state index in [0.29, 0.717) is 5.11 Å². The Balaban J connectivity index is 1.96. The van der Waals surface area contributed by atoms with Gasteiger partial charge in [0.15, 0.2) is 10.8 Å². The topological polar surface area (TPSA) is 96.2 Å². The van der Waals surface area contributed by atoms with E-state index in [1.165, 1.54) is 9.47 Å². The molecule has 0 atom stereocenters. The normalized spacial score (nSPS) is 10.6. The second-order valence-corrected chi connectivity index (χ2v) is 7.26. The third-order valence-electron chi connectivity index (χ3n) is 4.67. The molecule has 3 aromatic rings. The molecule has 0 fully saturated rings. The number of benzene rings is 2. The number of aromatic amines is 1. The van der Waals surface area contributed by atoms with Gasteiger partial charge in [-0.25, -0.2) is 4.79 Å². The molecule has 3 rings (SSSR count). The Morgan fingerprint density at radius 1 is 1.17 bits per heavy atom. The Kier molecular flexibility index (Phi) is 5.84. The number of thiocarbonyl (C=S) groups is 1. The van der Waals surface area contributed by atoms with Gasteiger partial charge >= 0.3 is 5.69 Å². The number of aryl methyl sites for hydroxylation is 2. The maximum absolute atomic E-state index is 12.5. The van der Waals surface area contributed by atoms with Crippen LogP contribution in [0.5, 0.6) is 0 Å². The fourth-order valence-electron chi connectivity index (χ4n) is 3.00. The lowest BCUT2D eigenvalue weighted by Crippen LogP contribution is -2.41. The number of anilines is 3. The van der Waals surface area contributed by atoms with Crippen LogP contribution in [0.4, 0.5) is 17.2 Å². The molecule has 0 aliphatic heterocycles.